The molecule has 0 unspecified atom stereocenters. The molecule has 0 heterocycles. The minimum Gasteiger partial charge on any atom is -0.459 e. The molecule has 0 aliphatic rings. The summed E-state index contributed by atoms with van der Waals surface area (Å²) in [5.41, 5.74) is 1.06. The highest BCUT2D eigenvalue weighted by Gasteiger charge is 2.43. The number of aliphatic imine (C=N–C) groups is 1. The molecule has 0 fully saturated rings. The molecule has 0 aliphatic heterocycles. The minimum atomic E-state index is -1.31. The van der Waals surface area contributed by atoms with Crippen LogP contribution in [-0.4, -0.2) is 18.8 Å². The molecule has 0 N–H and O–H groups in total. The van der Waals surface area contributed by atoms with Gasteiger partial charge in [-0.15, -0.1) is 0 Å². The Morgan fingerprint density at radius 3 is 1.96 bits per heavy atom. The summed E-state index contributed by atoms with van der Waals surface area (Å²) >= 11 is 3.43. The fourth-order valence-electron chi connectivity index (χ4n) is 2.92. The van der Waals surface area contributed by atoms with E-state index in [4.69, 9.17) is 9.73 Å². The number of rotatable bonds is 7. The first-order valence-corrected chi connectivity index (χ1v) is 9.66. The molecule has 0 radical (unpaired) electrons. The second-order valence-electron chi connectivity index (χ2n) is 6.14. The summed E-state index contributed by atoms with van der Waals surface area (Å²) in [4.78, 5) is 18.1. The molecule has 28 heavy (non-hydrogen) atoms. The Bertz CT molecular complexity index is 911. The third kappa shape index (κ3) is 4.29. The first-order valence-electron chi connectivity index (χ1n) is 8.87. The normalized spacial score (nSPS) is 11.3. The molecule has 0 aliphatic carbocycles. The molecule has 0 saturated carbocycles. The Labute approximate surface area is 173 Å². The van der Waals surface area contributed by atoms with Gasteiger partial charge in [0.1, 0.15) is 6.61 Å². The number of hydrogen-bond donors (Lipinski definition) is 0. The molecule has 4 heteroatoms. The van der Waals surface area contributed by atoms with Crippen LogP contribution in [-0.2, 0) is 15.1 Å². The lowest BCUT2D eigenvalue weighted by Gasteiger charge is -2.28. The molecule has 0 spiro atoms. The lowest BCUT2D eigenvalue weighted by molar-refractivity contribution is -0.147. The molecular formula is C24H20BrNO2. The van der Waals surface area contributed by atoms with E-state index >= 15 is 0 Å². The number of carbonyl (C=O) groups is 1. The molecule has 0 atom stereocenters. The number of benzene rings is 3. The Morgan fingerprint density at radius 1 is 0.929 bits per heavy atom. The summed E-state index contributed by atoms with van der Waals surface area (Å²) in [6.07, 6.45) is 3.26. The smallest absolute Gasteiger partial charge is 0.343 e. The van der Waals surface area contributed by atoms with Crippen LogP contribution < -0.4 is 0 Å². The number of esters is 1. The third-order valence-corrected chi connectivity index (χ3v) is 4.82. The Morgan fingerprint density at radius 2 is 1.46 bits per heavy atom. The van der Waals surface area contributed by atoms with E-state index in [0.29, 0.717) is 0 Å². The van der Waals surface area contributed by atoms with Crippen molar-refractivity contribution in [2.24, 2.45) is 4.99 Å². The van der Waals surface area contributed by atoms with Crippen molar-refractivity contribution in [3.8, 4) is 0 Å². The topological polar surface area (TPSA) is 38.7 Å². The van der Waals surface area contributed by atoms with Gasteiger partial charge in [0.2, 0.25) is 5.54 Å². The maximum Gasteiger partial charge on any atom is 0.343 e. The van der Waals surface area contributed by atoms with Gasteiger partial charge in [-0.2, -0.15) is 0 Å². The van der Waals surface area contributed by atoms with E-state index in [2.05, 4.69) is 22.5 Å². The zero-order valence-electron chi connectivity index (χ0n) is 15.3. The second kappa shape index (κ2) is 9.29. The van der Waals surface area contributed by atoms with E-state index in [0.717, 1.165) is 21.2 Å². The van der Waals surface area contributed by atoms with Crippen LogP contribution in [0.4, 0.5) is 0 Å². The van der Waals surface area contributed by atoms with E-state index in [-0.39, 0.29) is 6.61 Å². The van der Waals surface area contributed by atoms with Crippen molar-refractivity contribution in [2.45, 2.75) is 5.54 Å². The molecule has 0 saturated heterocycles. The Kier molecular flexibility index (Phi) is 6.56. The van der Waals surface area contributed by atoms with Gasteiger partial charge in [0.05, 0.1) is 0 Å². The molecule has 3 nitrogen and oxygen atoms in total. The van der Waals surface area contributed by atoms with Crippen molar-refractivity contribution in [2.75, 3.05) is 6.61 Å². The zero-order valence-corrected chi connectivity index (χ0v) is 16.9. The summed E-state index contributed by atoms with van der Waals surface area (Å²) in [5.74, 6) is -0.446. The van der Waals surface area contributed by atoms with Crippen molar-refractivity contribution >= 4 is 28.1 Å². The molecule has 3 aromatic carbocycles. The standard InChI is InChI=1S/C24H20BrNO2/c1-2-17-28-23(27)24(20-9-5-3-6-10-20,21-11-7-4-8-12-21)26-18-19-13-15-22(25)16-14-19/h2-16,18H,1,17H2. The van der Waals surface area contributed by atoms with E-state index < -0.39 is 11.5 Å². The van der Waals surface area contributed by atoms with E-state index in [1.807, 2.05) is 84.9 Å². The molecule has 0 amide bonds. The summed E-state index contributed by atoms with van der Waals surface area (Å²) in [6.45, 7) is 3.76. The largest absolute Gasteiger partial charge is 0.459 e. The highest BCUT2D eigenvalue weighted by Crippen LogP contribution is 2.35. The van der Waals surface area contributed by atoms with Gasteiger partial charge in [-0.05, 0) is 28.8 Å². The fraction of sp³-hybridized carbons (Fsp3) is 0.0833. The van der Waals surface area contributed by atoms with Crippen LogP contribution in [0, 0.1) is 0 Å². The first-order chi connectivity index (χ1) is 13.7. The van der Waals surface area contributed by atoms with E-state index in [1.165, 1.54) is 0 Å². The highest BCUT2D eigenvalue weighted by atomic mass is 79.9. The SMILES string of the molecule is C=CCOC(=O)C(N=Cc1ccc(Br)cc1)(c1ccccc1)c1ccccc1. The van der Waals surface area contributed by atoms with E-state index in [1.54, 1.807) is 12.3 Å². The number of hydrogen-bond acceptors (Lipinski definition) is 3. The van der Waals surface area contributed by atoms with Crippen LogP contribution in [0.25, 0.3) is 0 Å². The van der Waals surface area contributed by atoms with Gasteiger partial charge in [0.15, 0.2) is 0 Å². The number of carbonyl (C=O) groups excluding carboxylic acids is 1. The van der Waals surface area contributed by atoms with Crippen molar-refractivity contribution in [3.63, 3.8) is 0 Å². The Balaban J connectivity index is 2.18. The number of halogens is 1. The second-order valence-corrected chi connectivity index (χ2v) is 7.06. The lowest BCUT2D eigenvalue weighted by atomic mass is 9.83. The van der Waals surface area contributed by atoms with Crippen LogP contribution in [0.3, 0.4) is 0 Å². The van der Waals surface area contributed by atoms with Crippen molar-refractivity contribution < 1.29 is 9.53 Å². The summed E-state index contributed by atoms with van der Waals surface area (Å²) in [6, 6.07) is 26.7. The van der Waals surface area contributed by atoms with Gasteiger partial charge in [-0.3, -0.25) is 4.99 Å². The van der Waals surface area contributed by atoms with E-state index in [9.17, 15) is 4.79 Å². The molecule has 0 aromatic heterocycles. The van der Waals surface area contributed by atoms with Gasteiger partial charge in [0, 0.05) is 10.7 Å². The lowest BCUT2D eigenvalue weighted by Crippen LogP contribution is -2.37. The monoisotopic (exact) mass is 433 g/mol. The van der Waals surface area contributed by atoms with Crippen LogP contribution in [0.15, 0.2) is 107 Å². The molecule has 140 valence electrons. The molecular weight excluding hydrogens is 414 g/mol. The predicted octanol–water partition coefficient (Wildman–Crippen LogP) is 5.54. The molecule has 3 aromatic rings. The van der Waals surface area contributed by atoms with Gasteiger partial charge in [0.25, 0.3) is 0 Å². The summed E-state index contributed by atoms with van der Waals surface area (Å²) < 4.78 is 6.47. The summed E-state index contributed by atoms with van der Waals surface area (Å²) in [7, 11) is 0. The molecule has 0 bridgehead atoms. The van der Waals surface area contributed by atoms with Gasteiger partial charge in [-0.25, -0.2) is 4.79 Å². The highest BCUT2D eigenvalue weighted by molar-refractivity contribution is 9.10. The van der Waals surface area contributed by atoms with Crippen molar-refractivity contribution in [1.29, 1.82) is 0 Å². The average Bonchev–Trinajstić information content (AvgIpc) is 2.75. The number of nitrogens with zero attached hydrogens (tertiary/aromatic N) is 1. The van der Waals surface area contributed by atoms with Crippen LogP contribution in [0.2, 0.25) is 0 Å². The average molecular weight is 434 g/mol. The van der Waals surface area contributed by atoms with Crippen molar-refractivity contribution in [3.05, 3.63) is 119 Å². The maximum absolute atomic E-state index is 13.3. The maximum atomic E-state index is 13.3. The summed E-state index contributed by atoms with van der Waals surface area (Å²) in [5, 5.41) is 0. The van der Waals surface area contributed by atoms with Crippen LogP contribution >= 0.6 is 15.9 Å². The fourth-order valence-corrected chi connectivity index (χ4v) is 3.19. The minimum absolute atomic E-state index is 0.119. The predicted molar refractivity (Wildman–Crippen MR) is 117 cm³/mol. The van der Waals surface area contributed by atoms with Crippen LogP contribution in [0.5, 0.6) is 0 Å². The molecule has 3 rings (SSSR count). The zero-order chi connectivity index (χ0) is 19.8. The van der Waals surface area contributed by atoms with Gasteiger partial charge >= 0.3 is 5.97 Å². The van der Waals surface area contributed by atoms with Crippen LogP contribution in [0.1, 0.15) is 16.7 Å². The van der Waals surface area contributed by atoms with Gasteiger partial charge in [-0.1, -0.05) is 101 Å². The Hall–Kier alpha value is -2.98. The quantitative estimate of drug-likeness (QED) is 0.278. The van der Waals surface area contributed by atoms with Gasteiger partial charge < -0.3 is 4.74 Å². The number of ether oxygens (including phenoxy) is 1. The first kappa shape index (κ1) is 19.8. The third-order valence-electron chi connectivity index (χ3n) is 4.29. The van der Waals surface area contributed by atoms with Crippen molar-refractivity contribution in [1.82, 2.24) is 0 Å².